The van der Waals surface area contributed by atoms with Gasteiger partial charge >= 0.3 is 0 Å². The summed E-state index contributed by atoms with van der Waals surface area (Å²) >= 11 is 7.22. The van der Waals surface area contributed by atoms with Crippen LogP contribution in [-0.2, 0) is 0 Å². The molecule has 1 aromatic carbocycles. The second kappa shape index (κ2) is 6.61. The molecule has 0 spiro atoms. The van der Waals surface area contributed by atoms with E-state index in [0.29, 0.717) is 34.7 Å². The molecule has 0 atom stereocenters. The SMILES string of the molecule is CCC(O)(CC)CSc1nnc(-c2ccc(Cl)cc2)o1. The zero-order valence-electron chi connectivity index (χ0n) is 11.5. The number of rotatable bonds is 6. The molecule has 0 fully saturated rings. The number of thioether (sulfide) groups is 1. The molecule has 1 heterocycles. The normalized spacial score (nSPS) is 11.8. The van der Waals surface area contributed by atoms with Crippen molar-refractivity contribution >= 4 is 23.4 Å². The van der Waals surface area contributed by atoms with Crippen molar-refractivity contribution in [3.63, 3.8) is 0 Å². The molecule has 0 aliphatic rings. The van der Waals surface area contributed by atoms with E-state index in [1.54, 1.807) is 12.1 Å². The molecule has 4 nitrogen and oxygen atoms in total. The van der Waals surface area contributed by atoms with E-state index in [0.717, 1.165) is 5.56 Å². The first-order valence-electron chi connectivity index (χ1n) is 6.51. The lowest BCUT2D eigenvalue weighted by molar-refractivity contribution is 0.0570. The minimum absolute atomic E-state index is 0.459. The van der Waals surface area contributed by atoms with Gasteiger partial charge in [-0.25, -0.2) is 0 Å². The van der Waals surface area contributed by atoms with Crippen molar-refractivity contribution in [1.82, 2.24) is 10.2 Å². The molecule has 2 aromatic rings. The number of halogens is 1. The Morgan fingerprint density at radius 3 is 2.45 bits per heavy atom. The Hall–Kier alpha value is -1.04. The molecule has 2 rings (SSSR count). The summed E-state index contributed by atoms with van der Waals surface area (Å²) in [5.41, 5.74) is 0.148. The van der Waals surface area contributed by atoms with Crippen LogP contribution in [0.25, 0.3) is 11.5 Å². The van der Waals surface area contributed by atoms with Crippen molar-refractivity contribution in [1.29, 1.82) is 0 Å². The van der Waals surface area contributed by atoms with E-state index in [1.807, 2.05) is 26.0 Å². The zero-order chi connectivity index (χ0) is 14.6. The molecule has 0 aliphatic heterocycles. The van der Waals surface area contributed by atoms with Gasteiger partial charge in [0.1, 0.15) is 0 Å². The molecular formula is C14H17ClN2O2S. The predicted molar refractivity (Wildman–Crippen MR) is 81.0 cm³/mol. The molecular weight excluding hydrogens is 296 g/mol. The summed E-state index contributed by atoms with van der Waals surface area (Å²) in [7, 11) is 0. The highest BCUT2D eigenvalue weighted by molar-refractivity contribution is 7.99. The lowest BCUT2D eigenvalue weighted by atomic mass is 10.0. The van der Waals surface area contributed by atoms with Crippen molar-refractivity contribution < 1.29 is 9.52 Å². The molecule has 0 radical (unpaired) electrons. The largest absolute Gasteiger partial charge is 0.411 e. The molecule has 0 amide bonds. The smallest absolute Gasteiger partial charge is 0.276 e. The van der Waals surface area contributed by atoms with Crippen LogP contribution in [0, 0.1) is 0 Å². The second-order valence-electron chi connectivity index (χ2n) is 4.60. The Morgan fingerprint density at radius 1 is 1.20 bits per heavy atom. The fraction of sp³-hybridized carbons (Fsp3) is 0.429. The van der Waals surface area contributed by atoms with E-state index in [-0.39, 0.29) is 0 Å². The number of aliphatic hydroxyl groups is 1. The van der Waals surface area contributed by atoms with Gasteiger partial charge in [-0.1, -0.05) is 37.2 Å². The second-order valence-corrected chi connectivity index (χ2v) is 5.96. The Morgan fingerprint density at radius 2 is 1.85 bits per heavy atom. The molecule has 0 unspecified atom stereocenters. The molecule has 6 heteroatoms. The predicted octanol–water partition coefficient (Wildman–Crippen LogP) is 4.03. The monoisotopic (exact) mass is 312 g/mol. The Bertz CT molecular complexity index is 553. The van der Waals surface area contributed by atoms with Crippen LogP contribution in [0.3, 0.4) is 0 Å². The fourth-order valence-corrected chi connectivity index (χ4v) is 2.79. The summed E-state index contributed by atoms with van der Waals surface area (Å²) in [6, 6.07) is 7.22. The lowest BCUT2D eigenvalue weighted by Crippen LogP contribution is -2.29. The summed E-state index contributed by atoms with van der Waals surface area (Å²) < 4.78 is 5.58. The van der Waals surface area contributed by atoms with Crippen molar-refractivity contribution in [2.75, 3.05) is 5.75 Å². The first kappa shape index (κ1) is 15.4. The standard InChI is InChI=1S/C14H17ClN2O2S/c1-3-14(18,4-2)9-20-13-17-16-12(19-13)10-5-7-11(15)8-6-10/h5-8,18H,3-4,9H2,1-2H3. The van der Waals surface area contributed by atoms with Gasteiger partial charge in [0, 0.05) is 16.3 Å². The van der Waals surface area contributed by atoms with Crippen molar-refractivity contribution in [2.45, 2.75) is 37.5 Å². The van der Waals surface area contributed by atoms with Crippen molar-refractivity contribution in [2.24, 2.45) is 0 Å². The Labute approximate surface area is 127 Å². The van der Waals surface area contributed by atoms with E-state index in [9.17, 15) is 5.11 Å². The maximum absolute atomic E-state index is 10.2. The summed E-state index contributed by atoms with van der Waals surface area (Å²) in [5.74, 6) is 1.00. The average molecular weight is 313 g/mol. The Balaban J connectivity index is 2.04. The topological polar surface area (TPSA) is 59.2 Å². The van der Waals surface area contributed by atoms with Crippen molar-refractivity contribution in [3.05, 3.63) is 29.3 Å². The third kappa shape index (κ3) is 3.75. The highest BCUT2D eigenvalue weighted by Gasteiger charge is 2.23. The summed E-state index contributed by atoms with van der Waals surface area (Å²) in [5, 5.41) is 19.3. The van der Waals surface area contributed by atoms with E-state index in [2.05, 4.69) is 10.2 Å². The average Bonchev–Trinajstić information content (AvgIpc) is 2.94. The minimum atomic E-state index is -0.681. The van der Waals surface area contributed by atoms with Gasteiger partial charge in [-0.3, -0.25) is 0 Å². The van der Waals surface area contributed by atoms with Crippen LogP contribution in [-0.4, -0.2) is 26.7 Å². The van der Waals surface area contributed by atoms with Gasteiger partial charge in [0.05, 0.1) is 5.60 Å². The first-order chi connectivity index (χ1) is 9.56. The van der Waals surface area contributed by atoms with E-state index < -0.39 is 5.60 Å². The third-order valence-electron chi connectivity index (χ3n) is 3.28. The van der Waals surface area contributed by atoms with E-state index in [1.165, 1.54) is 11.8 Å². The van der Waals surface area contributed by atoms with Crippen molar-refractivity contribution in [3.8, 4) is 11.5 Å². The molecule has 1 N–H and O–H groups in total. The minimum Gasteiger partial charge on any atom is -0.411 e. The number of hydrogen-bond donors (Lipinski definition) is 1. The molecule has 0 aliphatic carbocycles. The fourth-order valence-electron chi connectivity index (χ4n) is 1.63. The van der Waals surface area contributed by atoms with Crippen LogP contribution >= 0.6 is 23.4 Å². The van der Waals surface area contributed by atoms with E-state index >= 15 is 0 Å². The summed E-state index contributed by atoms with van der Waals surface area (Å²) in [6.07, 6.45) is 1.41. The van der Waals surface area contributed by atoms with Crippen LogP contribution in [0.5, 0.6) is 0 Å². The van der Waals surface area contributed by atoms with Gasteiger partial charge in [-0.15, -0.1) is 10.2 Å². The number of nitrogens with zero attached hydrogens (tertiary/aromatic N) is 2. The summed E-state index contributed by atoms with van der Waals surface area (Å²) in [4.78, 5) is 0. The van der Waals surface area contributed by atoms with Gasteiger partial charge in [-0.2, -0.15) is 0 Å². The highest BCUT2D eigenvalue weighted by Crippen LogP contribution is 2.28. The quantitative estimate of drug-likeness (QED) is 0.816. The molecule has 108 valence electrons. The van der Waals surface area contributed by atoms with E-state index in [4.69, 9.17) is 16.0 Å². The molecule has 0 bridgehead atoms. The van der Waals surface area contributed by atoms with Gasteiger partial charge < -0.3 is 9.52 Å². The first-order valence-corrected chi connectivity index (χ1v) is 7.87. The maximum Gasteiger partial charge on any atom is 0.276 e. The number of hydrogen-bond acceptors (Lipinski definition) is 5. The van der Waals surface area contributed by atoms with Crippen LogP contribution in [0.1, 0.15) is 26.7 Å². The van der Waals surface area contributed by atoms with Crippen LogP contribution < -0.4 is 0 Å². The molecule has 0 saturated heterocycles. The molecule has 20 heavy (non-hydrogen) atoms. The lowest BCUT2D eigenvalue weighted by Gasteiger charge is -2.23. The van der Waals surface area contributed by atoms with Crippen LogP contribution in [0.15, 0.2) is 33.9 Å². The van der Waals surface area contributed by atoms with Gasteiger partial charge in [0.25, 0.3) is 5.22 Å². The van der Waals surface area contributed by atoms with Gasteiger partial charge in [-0.05, 0) is 37.1 Å². The van der Waals surface area contributed by atoms with Gasteiger partial charge in [0.15, 0.2) is 0 Å². The Kier molecular flexibility index (Phi) is 5.07. The third-order valence-corrected chi connectivity index (χ3v) is 4.62. The number of benzene rings is 1. The molecule has 1 aromatic heterocycles. The maximum atomic E-state index is 10.2. The van der Waals surface area contributed by atoms with Crippen LogP contribution in [0.4, 0.5) is 0 Å². The summed E-state index contributed by atoms with van der Waals surface area (Å²) in [6.45, 7) is 3.94. The zero-order valence-corrected chi connectivity index (χ0v) is 13.0. The number of aromatic nitrogens is 2. The molecule has 0 saturated carbocycles. The highest BCUT2D eigenvalue weighted by atomic mass is 35.5. The van der Waals surface area contributed by atoms with Crippen LogP contribution in [0.2, 0.25) is 5.02 Å². The van der Waals surface area contributed by atoms with Gasteiger partial charge in [0.2, 0.25) is 5.89 Å².